The molecule has 7 nitrogen and oxygen atoms in total. The maximum absolute atomic E-state index is 12.9. The van der Waals surface area contributed by atoms with Crippen LogP contribution in [0.4, 0.5) is 9.93 Å². The SMILES string of the molecule is Cc1cc(-c2sc(NC(=O)N3CCNC[C@H]3C)nc2-c2cccc(C#N)c2)cc(C)n1. The highest BCUT2D eigenvalue weighted by molar-refractivity contribution is 7.19. The third kappa shape index (κ3) is 4.58. The van der Waals surface area contributed by atoms with Gasteiger partial charge in [-0.05, 0) is 50.6 Å². The first kappa shape index (κ1) is 21.0. The molecule has 0 radical (unpaired) electrons. The molecule has 0 unspecified atom stereocenters. The van der Waals surface area contributed by atoms with Gasteiger partial charge < -0.3 is 10.2 Å². The number of aromatic nitrogens is 2. The predicted octanol–water partition coefficient (Wildman–Crippen LogP) is 4.19. The summed E-state index contributed by atoms with van der Waals surface area (Å²) in [6, 6.07) is 13.6. The summed E-state index contributed by atoms with van der Waals surface area (Å²) >= 11 is 1.44. The Morgan fingerprint density at radius 1 is 1.23 bits per heavy atom. The maximum Gasteiger partial charge on any atom is 0.323 e. The monoisotopic (exact) mass is 432 g/mol. The van der Waals surface area contributed by atoms with Gasteiger partial charge in [0.15, 0.2) is 5.13 Å². The molecule has 0 saturated carbocycles. The van der Waals surface area contributed by atoms with Crippen molar-refractivity contribution in [3.05, 3.63) is 53.3 Å². The van der Waals surface area contributed by atoms with Crippen LogP contribution in [0.25, 0.3) is 21.7 Å². The van der Waals surface area contributed by atoms with Crippen LogP contribution in [0.3, 0.4) is 0 Å². The molecule has 3 aromatic rings. The summed E-state index contributed by atoms with van der Waals surface area (Å²) in [5, 5.41) is 16.1. The van der Waals surface area contributed by atoms with Crippen molar-refractivity contribution >= 4 is 22.5 Å². The van der Waals surface area contributed by atoms with Crippen LogP contribution >= 0.6 is 11.3 Å². The number of hydrogen-bond acceptors (Lipinski definition) is 6. The Balaban J connectivity index is 1.75. The van der Waals surface area contributed by atoms with Crippen LogP contribution in [0.15, 0.2) is 36.4 Å². The van der Waals surface area contributed by atoms with Crippen LogP contribution in [0.1, 0.15) is 23.9 Å². The number of rotatable bonds is 3. The zero-order valence-electron chi connectivity index (χ0n) is 17.8. The first-order chi connectivity index (χ1) is 14.9. The van der Waals surface area contributed by atoms with Crippen molar-refractivity contribution in [2.24, 2.45) is 0 Å². The largest absolute Gasteiger partial charge is 0.323 e. The lowest BCUT2D eigenvalue weighted by molar-refractivity contribution is 0.177. The van der Waals surface area contributed by atoms with Crippen molar-refractivity contribution in [3.63, 3.8) is 0 Å². The summed E-state index contributed by atoms with van der Waals surface area (Å²) in [6.45, 7) is 8.16. The molecule has 31 heavy (non-hydrogen) atoms. The van der Waals surface area contributed by atoms with E-state index < -0.39 is 0 Å². The van der Waals surface area contributed by atoms with E-state index in [1.807, 2.05) is 56.0 Å². The molecule has 0 bridgehead atoms. The number of carbonyl (C=O) groups excluding carboxylic acids is 1. The molecule has 2 aromatic heterocycles. The third-order valence-electron chi connectivity index (χ3n) is 5.21. The van der Waals surface area contributed by atoms with Crippen LogP contribution in [0, 0.1) is 25.2 Å². The molecule has 158 valence electrons. The van der Waals surface area contributed by atoms with Crippen molar-refractivity contribution < 1.29 is 4.79 Å². The highest BCUT2D eigenvalue weighted by Crippen LogP contribution is 2.39. The maximum atomic E-state index is 12.9. The second kappa shape index (κ2) is 8.84. The average molecular weight is 433 g/mol. The van der Waals surface area contributed by atoms with E-state index in [0.717, 1.165) is 46.2 Å². The Morgan fingerprint density at radius 3 is 2.71 bits per heavy atom. The van der Waals surface area contributed by atoms with Crippen LogP contribution in [0.2, 0.25) is 0 Å². The summed E-state index contributed by atoms with van der Waals surface area (Å²) in [6.07, 6.45) is 0. The number of aryl methyl sites for hydroxylation is 2. The van der Waals surface area contributed by atoms with E-state index in [1.165, 1.54) is 11.3 Å². The van der Waals surface area contributed by atoms with E-state index in [9.17, 15) is 10.1 Å². The highest BCUT2D eigenvalue weighted by Gasteiger charge is 2.25. The molecule has 1 atom stereocenters. The molecule has 2 amide bonds. The standard InChI is InChI=1S/C23H24N6OS/c1-14-9-19(10-15(2)26-14)21-20(18-6-4-5-17(11-18)12-24)27-22(31-21)28-23(30)29-8-7-25-13-16(29)3/h4-6,9-11,16,25H,7-8,13H2,1-3H3,(H,27,28,30)/t16-/m1/s1. The normalized spacial score (nSPS) is 16.1. The second-order valence-corrected chi connectivity index (χ2v) is 8.70. The zero-order valence-corrected chi connectivity index (χ0v) is 18.6. The number of piperazine rings is 1. The van der Waals surface area contributed by atoms with Gasteiger partial charge in [-0.25, -0.2) is 9.78 Å². The molecule has 1 aliphatic heterocycles. The number of nitriles is 1. The van der Waals surface area contributed by atoms with Gasteiger partial charge >= 0.3 is 6.03 Å². The summed E-state index contributed by atoms with van der Waals surface area (Å²) in [5.41, 5.74) is 4.99. The summed E-state index contributed by atoms with van der Waals surface area (Å²) in [4.78, 5) is 24.9. The lowest BCUT2D eigenvalue weighted by atomic mass is 10.0. The van der Waals surface area contributed by atoms with Crippen molar-refractivity contribution in [1.82, 2.24) is 20.2 Å². The Kier molecular flexibility index (Phi) is 5.98. The summed E-state index contributed by atoms with van der Waals surface area (Å²) < 4.78 is 0. The first-order valence-corrected chi connectivity index (χ1v) is 11.0. The number of carbonyl (C=O) groups is 1. The average Bonchev–Trinajstić information content (AvgIpc) is 3.17. The van der Waals surface area contributed by atoms with Crippen LogP contribution < -0.4 is 10.6 Å². The molecule has 4 rings (SSSR count). The van der Waals surface area contributed by atoms with Gasteiger partial charge in [0.1, 0.15) is 0 Å². The van der Waals surface area contributed by atoms with E-state index in [2.05, 4.69) is 21.7 Å². The van der Waals surface area contributed by atoms with Crippen LogP contribution in [-0.4, -0.2) is 46.6 Å². The van der Waals surface area contributed by atoms with E-state index in [0.29, 0.717) is 17.2 Å². The van der Waals surface area contributed by atoms with Crippen molar-refractivity contribution in [3.8, 4) is 27.8 Å². The molecule has 3 heterocycles. The molecule has 0 spiro atoms. The smallest absolute Gasteiger partial charge is 0.319 e. The van der Waals surface area contributed by atoms with Gasteiger partial charge in [0.25, 0.3) is 0 Å². The zero-order chi connectivity index (χ0) is 22.0. The fourth-order valence-corrected chi connectivity index (χ4v) is 4.74. The lowest BCUT2D eigenvalue weighted by Gasteiger charge is -2.33. The van der Waals surface area contributed by atoms with Crippen LogP contribution in [-0.2, 0) is 0 Å². The number of urea groups is 1. The second-order valence-electron chi connectivity index (χ2n) is 7.70. The first-order valence-electron chi connectivity index (χ1n) is 10.2. The Morgan fingerprint density at radius 2 is 2.00 bits per heavy atom. The molecule has 8 heteroatoms. The predicted molar refractivity (Wildman–Crippen MR) is 123 cm³/mol. The van der Waals surface area contributed by atoms with Gasteiger partial charge in [-0.15, -0.1) is 0 Å². The molecular formula is C23H24N6OS. The Hall–Kier alpha value is -3.28. The molecule has 0 aliphatic carbocycles. The number of pyridine rings is 1. The number of thiazole rings is 1. The molecule has 1 fully saturated rings. The topological polar surface area (TPSA) is 93.9 Å². The van der Waals surface area contributed by atoms with Gasteiger partial charge in [-0.2, -0.15) is 5.26 Å². The molecule has 1 aromatic carbocycles. The molecule has 1 saturated heterocycles. The fraction of sp³-hybridized carbons (Fsp3) is 0.304. The Labute approximate surface area is 185 Å². The number of amides is 2. The number of benzene rings is 1. The number of hydrogen-bond donors (Lipinski definition) is 2. The quantitative estimate of drug-likeness (QED) is 0.647. The Bertz CT molecular complexity index is 1140. The molecule has 2 N–H and O–H groups in total. The number of anilines is 1. The summed E-state index contributed by atoms with van der Waals surface area (Å²) in [5.74, 6) is 0. The van der Waals surface area contributed by atoms with Crippen molar-refractivity contribution in [2.75, 3.05) is 25.0 Å². The molecule has 1 aliphatic rings. The minimum atomic E-state index is -0.145. The van der Waals surface area contributed by atoms with Crippen LogP contribution in [0.5, 0.6) is 0 Å². The van der Waals surface area contributed by atoms with Gasteiger partial charge in [0.2, 0.25) is 0 Å². The molecular weight excluding hydrogens is 408 g/mol. The minimum Gasteiger partial charge on any atom is -0.319 e. The van der Waals surface area contributed by atoms with E-state index in [-0.39, 0.29) is 12.1 Å². The minimum absolute atomic E-state index is 0.116. The van der Waals surface area contributed by atoms with Gasteiger partial charge in [-0.3, -0.25) is 10.3 Å². The third-order valence-corrected chi connectivity index (χ3v) is 6.23. The van der Waals surface area contributed by atoms with Gasteiger partial charge in [-0.1, -0.05) is 23.5 Å². The number of nitrogens with zero attached hydrogens (tertiary/aromatic N) is 4. The fourth-order valence-electron chi connectivity index (χ4n) is 3.77. The van der Waals surface area contributed by atoms with E-state index >= 15 is 0 Å². The van der Waals surface area contributed by atoms with Crippen molar-refractivity contribution in [1.29, 1.82) is 5.26 Å². The highest BCUT2D eigenvalue weighted by atomic mass is 32.1. The van der Waals surface area contributed by atoms with E-state index in [1.54, 1.807) is 6.07 Å². The summed E-state index contributed by atoms with van der Waals surface area (Å²) in [7, 11) is 0. The number of nitrogens with one attached hydrogen (secondary N) is 2. The van der Waals surface area contributed by atoms with Gasteiger partial charge in [0, 0.05) is 42.6 Å². The lowest BCUT2D eigenvalue weighted by Crippen LogP contribution is -2.53. The van der Waals surface area contributed by atoms with E-state index in [4.69, 9.17) is 4.98 Å². The van der Waals surface area contributed by atoms with Gasteiger partial charge in [0.05, 0.1) is 22.2 Å². The van der Waals surface area contributed by atoms with Crippen molar-refractivity contribution in [2.45, 2.75) is 26.8 Å².